The van der Waals surface area contributed by atoms with Gasteiger partial charge in [0.1, 0.15) is 26.9 Å². The van der Waals surface area contributed by atoms with Gasteiger partial charge in [0.05, 0.1) is 36.2 Å². The molecule has 1 saturated heterocycles. The Morgan fingerprint density at radius 2 is 1.94 bits per heavy atom. The van der Waals surface area contributed by atoms with E-state index in [1.807, 2.05) is 12.1 Å². The van der Waals surface area contributed by atoms with Crippen LogP contribution in [0.25, 0.3) is 28.1 Å². The third-order valence-corrected chi connectivity index (χ3v) is 6.67. The second kappa shape index (κ2) is 8.88. The lowest BCUT2D eigenvalue weighted by Crippen LogP contribution is -2.45. The van der Waals surface area contributed by atoms with Crippen molar-refractivity contribution in [2.24, 2.45) is 0 Å². The molecule has 0 amide bonds. The van der Waals surface area contributed by atoms with Crippen LogP contribution in [0.1, 0.15) is 20.3 Å². The van der Waals surface area contributed by atoms with Crippen LogP contribution in [0.15, 0.2) is 41.1 Å². The number of furan rings is 1. The molecule has 11 heteroatoms. The summed E-state index contributed by atoms with van der Waals surface area (Å²) in [4.78, 5) is 11.3. The first kappa shape index (κ1) is 22.6. The van der Waals surface area contributed by atoms with E-state index in [0.717, 1.165) is 29.9 Å². The molecule has 1 fully saturated rings. The van der Waals surface area contributed by atoms with Crippen molar-refractivity contribution in [1.82, 2.24) is 19.6 Å². The molecular formula is C23H27N5O5S. The molecule has 4 aromatic rings. The highest BCUT2D eigenvalue weighted by Gasteiger charge is 2.25. The highest BCUT2D eigenvalue weighted by Crippen LogP contribution is 2.34. The number of nitrogens with zero attached hydrogens (tertiary/aromatic N) is 5. The highest BCUT2D eigenvalue weighted by molar-refractivity contribution is 7.90. The number of rotatable bonds is 7. The normalized spacial score (nSPS) is 19.2. The van der Waals surface area contributed by atoms with E-state index in [2.05, 4.69) is 33.8 Å². The maximum atomic E-state index is 11.3. The molecule has 0 radical (unpaired) electrons. The van der Waals surface area contributed by atoms with Gasteiger partial charge >= 0.3 is 0 Å². The lowest BCUT2D eigenvalue weighted by atomic mass is 10.2. The van der Waals surface area contributed by atoms with Crippen LogP contribution in [0.2, 0.25) is 0 Å². The summed E-state index contributed by atoms with van der Waals surface area (Å²) in [6.07, 6.45) is 5.30. The molecular weight excluding hydrogens is 458 g/mol. The van der Waals surface area contributed by atoms with E-state index >= 15 is 0 Å². The summed E-state index contributed by atoms with van der Waals surface area (Å²) in [5, 5.41) is 5.45. The summed E-state index contributed by atoms with van der Waals surface area (Å²) >= 11 is 0. The first-order chi connectivity index (χ1) is 16.3. The van der Waals surface area contributed by atoms with Crippen LogP contribution in [0.3, 0.4) is 0 Å². The summed E-state index contributed by atoms with van der Waals surface area (Å²) in [5.41, 5.74) is 2.06. The third kappa shape index (κ3) is 4.71. The lowest BCUT2D eigenvalue weighted by molar-refractivity contribution is -0.00536. The monoisotopic (exact) mass is 485 g/mol. The Kier molecular flexibility index (Phi) is 5.90. The Labute approximate surface area is 197 Å². The van der Waals surface area contributed by atoms with E-state index in [0.29, 0.717) is 29.4 Å². The van der Waals surface area contributed by atoms with Crippen LogP contribution in [-0.4, -0.2) is 71.9 Å². The van der Waals surface area contributed by atoms with Crippen LogP contribution < -0.4 is 9.64 Å². The summed E-state index contributed by atoms with van der Waals surface area (Å²) < 4.78 is 42.0. The second-order valence-electron chi connectivity index (χ2n) is 8.74. The van der Waals surface area contributed by atoms with Crippen molar-refractivity contribution in [3.05, 3.63) is 36.7 Å². The number of aromatic nitrogens is 4. The standard InChI is InChI=1S/C23H27N5O5S/c1-15-13-27(14-16(2)32-15)23-17-11-20(33-19(17)7-8-24-23)18-12-25-21-5-6-22(26-28(18)21)31-9-4-10-34(3,29)30/h5-8,11-12,15-16H,4,9-10,13-14H2,1-3H3. The molecule has 2 unspecified atom stereocenters. The zero-order chi connectivity index (χ0) is 23.9. The molecule has 4 aromatic heterocycles. The van der Waals surface area contributed by atoms with Crippen molar-refractivity contribution in [3.63, 3.8) is 0 Å². The van der Waals surface area contributed by atoms with Crippen LogP contribution in [0.5, 0.6) is 5.88 Å². The summed E-state index contributed by atoms with van der Waals surface area (Å²) in [7, 11) is -3.02. The lowest BCUT2D eigenvalue weighted by Gasteiger charge is -2.36. The van der Waals surface area contributed by atoms with Crippen molar-refractivity contribution < 1.29 is 22.3 Å². The van der Waals surface area contributed by atoms with Crippen molar-refractivity contribution in [3.8, 4) is 17.3 Å². The average molecular weight is 486 g/mol. The van der Waals surface area contributed by atoms with Gasteiger partial charge in [-0.2, -0.15) is 0 Å². The predicted octanol–water partition coefficient (Wildman–Crippen LogP) is 2.96. The minimum absolute atomic E-state index is 0.0711. The molecule has 5 heterocycles. The molecule has 34 heavy (non-hydrogen) atoms. The number of pyridine rings is 1. The Morgan fingerprint density at radius 3 is 2.71 bits per heavy atom. The Morgan fingerprint density at radius 1 is 1.15 bits per heavy atom. The van der Waals surface area contributed by atoms with Crippen LogP contribution in [-0.2, 0) is 14.6 Å². The molecule has 0 bridgehead atoms. The van der Waals surface area contributed by atoms with E-state index in [4.69, 9.17) is 13.9 Å². The van der Waals surface area contributed by atoms with Crippen molar-refractivity contribution in [2.45, 2.75) is 32.5 Å². The van der Waals surface area contributed by atoms with Gasteiger partial charge in [-0.1, -0.05) is 0 Å². The van der Waals surface area contributed by atoms with E-state index in [1.165, 1.54) is 6.26 Å². The Balaban J connectivity index is 1.44. The number of anilines is 1. The van der Waals surface area contributed by atoms with Crippen LogP contribution >= 0.6 is 0 Å². The molecule has 180 valence electrons. The third-order valence-electron chi connectivity index (χ3n) is 5.64. The predicted molar refractivity (Wildman–Crippen MR) is 128 cm³/mol. The van der Waals surface area contributed by atoms with Gasteiger partial charge in [-0.15, -0.1) is 5.10 Å². The number of hydrogen-bond donors (Lipinski definition) is 0. The largest absolute Gasteiger partial charge is 0.477 e. The van der Waals surface area contributed by atoms with Crippen molar-refractivity contribution >= 4 is 32.3 Å². The number of ether oxygens (including phenoxy) is 2. The zero-order valence-electron chi connectivity index (χ0n) is 19.3. The number of fused-ring (bicyclic) bond motifs is 2. The minimum atomic E-state index is -3.02. The molecule has 0 aliphatic carbocycles. The van der Waals surface area contributed by atoms with Crippen LogP contribution in [0.4, 0.5) is 5.82 Å². The van der Waals surface area contributed by atoms with Gasteiger partial charge in [0.15, 0.2) is 11.4 Å². The second-order valence-corrected chi connectivity index (χ2v) is 11.0. The molecule has 1 aliphatic heterocycles. The minimum Gasteiger partial charge on any atom is -0.477 e. The fourth-order valence-corrected chi connectivity index (χ4v) is 4.92. The Hall–Kier alpha value is -3.18. The van der Waals surface area contributed by atoms with Crippen LogP contribution in [0, 0.1) is 0 Å². The maximum absolute atomic E-state index is 11.3. The van der Waals surface area contributed by atoms with E-state index in [-0.39, 0.29) is 24.6 Å². The number of imidazole rings is 1. The quantitative estimate of drug-likeness (QED) is 0.365. The van der Waals surface area contributed by atoms with Gasteiger partial charge in [0.25, 0.3) is 0 Å². The van der Waals surface area contributed by atoms with Gasteiger partial charge in [-0.05, 0) is 38.5 Å². The first-order valence-electron chi connectivity index (χ1n) is 11.2. The summed E-state index contributed by atoms with van der Waals surface area (Å²) in [6.45, 7) is 5.90. The van der Waals surface area contributed by atoms with E-state index in [1.54, 1.807) is 29.0 Å². The van der Waals surface area contributed by atoms with Gasteiger partial charge in [-0.25, -0.2) is 22.9 Å². The van der Waals surface area contributed by atoms with Gasteiger partial charge in [0.2, 0.25) is 5.88 Å². The Bertz CT molecular complexity index is 1420. The molecule has 0 saturated carbocycles. The summed E-state index contributed by atoms with van der Waals surface area (Å²) in [6, 6.07) is 7.33. The smallest absolute Gasteiger partial charge is 0.231 e. The fraction of sp³-hybridized carbons (Fsp3) is 0.435. The first-order valence-corrected chi connectivity index (χ1v) is 13.3. The number of morpholine rings is 1. The molecule has 0 aromatic carbocycles. The van der Waals surface area contributed by atoms with E-state index < -0.39 is 9.84 Å². The number of sulfone groups is 1. The van der Waals surface area contributed by atoms with Gasteiger partial charge in [0, 0.05) is 31.6 Å². The number of hydrogen-bond acceptors (Lipinski definition) is 9. The fourth-order valence-electron chi connectivity index (χ4n) is 4.28. The van der Waals surface area contributed by atoms with Crippen molar-refractivity contribution in [1.29, 1.82) is 0 Å². The molecule has 0 spiro atoms. The molecule has 5 rings (SSSR count). The topological polar surface area (TPSA) is 112 Å². The molecule has 1 aliphatic rings. The molecule has 10 nitrogen and oxygen atoms in total. The average Bonchev–Trinajstić information content (AvgIpc) is 3.38. The van der Waals surface area contributed by atoms with Gasteiger partial charge in [-0.3, -0.25) is 0 Å². The molecule has 0 N–H and O–H groups in total. The van der Waals surface area contributed by atoms with Crippen molar-refractivity contribution in [2.75, 3.05) is 36.6 Å². The molecule has 2 atom stereocenters. The maximum Gasteiger partial charge on any atom is 0.231 e. The SMILES string of the molecule is CC1CN(c2nccc3oc(-c4cnc5ccc(OCCCS(C)(=O)=O)nn45)cc23)CC(C)O1. The summed E-state index contributed by atoms with van der Waals surface area (Å²) in [5.74, 6) is 1.94. The zero-order valence-corrected chi connectivity index (χ0v) is 20.2. The van der Waals surface area contributed by atoms with Gasteiger partial charge < -0.3 is 18.8 Å². The van der Waals surface area contributed by atoms with E-state index in [9.17, 15) is 8.42 Å². The highest BCUT2D eigenvalue weighted by atomic mass is 32.2.